The molecule has 1 heterocycles. The minimum Gasteiger partial charge on any atom is -0.380 e. The second-order valence-corrected chi connectivity index (χ2v) is 5.92. The molecule has 1 aliphatic rings. The van der Waals surface area contributed by atoms with Gasteiger partial charge in [-0.3, -0.25) is 4.99 Å². The van der Waals surface area contributed by atoms with Gasteiger partial charge in [-0.25, -0.2) is 4.39 Å². The Morgan fingerprint density at radius 1 is 1.38 bits per heavy atom. The molecule has 1 aromatic carbocycles. The number of nitrogens with zero attached hydrogens (tertiary/aromatic N) is 1. The molecular formula is C18H29FIN3O3. The van der Waals surface area contributed by atoms with Crippen LogP contribution in [0.15, 0.2) is 23.2 Å². The molecule has 1 atom stereocenters. The van der Waals surface area contributed by atoms with E-state index < -0.39 is 0 Å². The van der Waals surface area contributed by atoms with Gasteiger partial charge in [-0.05, 0) is 30.5 Å². The van der Waals surface area contributed by atoms with Gasteiger partial charge in [-0.1, -0.05) is 6.07 Å². The maximum Gasteiger partial charge on any atom is 0.191 e. The third-order valence-corrected chi connectivity index (χ3v) is 3.95. The second kappa shape index (κ2) is 13.2. The van der Waals surface area contributed by atoms with E-state index in [2.05, 4.69) is 15.6 Å². The molecule has 1 aromatic rings. The number of halogens is 2. The predicted molar refractivity (Wildman–Crippen MR) is 111 cm³/mol. The molecular weight excluding hydrogens is 452 g/mol. The highest BCUT2D eigenvalue weighted by atomic mass is 127. The van der Waals surface area contributed by atoms with Crippen molar-refractivity contribution in [2.24, 2.45) is 4.99 Å². The highest BCUT2D eigenvalue weighted by Gasteiger charge is 2.15. The molecule has 0 radical (unpaired) electrons. The number of benzene rings is 1. The van der Waals surface area contributed by atoms with Crippen LogP contribution >= 0.6 is 24.0 Å². The Morgan fingerprint density at radius 2 is 2.23 bits per heavy atom. The van der Waals surface area contributed by atoms with Crippen molar-refractivity contribution in [1.82, 2.24) is 10.6 Å². The zero-order chi connectivity index (χ0) is 17.9. The molecule has 8 heteroatoms. The smallest absolute Gasteiger partial charge is 0.191 e. The Bertz CT molecular complexity index is 554. The largest absolute Gasteiger partial charge is 0.380 e. The van der Waals surface area contributed by atoms with Crippen molar-refractivity contribution in [2.45, 2.75) is 32.1 Å². The Morgan fingerprint density at radius 3 is 2.92 bits per heavy atom. The van der Waals surface area contributed by atoms with E-state index in [0.29, 0.717) is 31.3 Å². The average molecular weight is 481 g/mol. The SMILES string of the molecule is CN=C(NCCCOC1CCOC1)NCc1ccc(F)c(COC)c1.I. The third kappa shape index (κ3) is 8.15. The lowest BCUT2D eigenvalue weighted by Gasteiger charge is -2.14. The molecule has 0 spiro atoms. The minimum atomic E-state index is -0.249. The fourth-order valence-corrected chi connectivity index (χ4v) is 2.58. The van der Waals surface area contributed by atoms with Crippen LogP contribution in [0.3, 0.4) is 0 Å². The lowest BCUT2D eigenvalue weighted by molar-refractivity contribution is 0.0420. The molecule has 0 aromatic heterocycles. The van der Waals surface area contributed by atoms with E-state index in [1.54, 1.807) is 26.3 Å². The molecule has 1 fully saturated rings. The van der Waals surface area contributed by atoms with E-state index in [1.807, 2.05) is 0 Å². The normalized spacial score (nSPS) is 17.0. The van der Waals surface area contributed by atoms with Crippen molar-refractivity contribution in [1.29, 1.82) is 0 Å². The summed E-state index contributed by atoms with van der Waals surface area (Å²) in [5.41, 5.74) is 1.53. The number of nitrogens with one attached hydrogen (secondary N) is 2. The van der Waals surface area contributed by atoms with Gasteiger partial charge in [0.2, 0.25) is 0 Å². The van der Waals surface area contributed by atoms with Gasteiger partial charge in [0.25, 0.3) is 0 Å². The van der Waals surface area contributed by atoms with Gasteiger partial charge in [0.05, 0.1) is 19.3 Å². The van der Waals surface area contributed by atoms with Crippen LogP contribution in [0.1, 0.15) is 24.0 Å². The van der Waals surface area contributed by atoms with E-state index in [4.69, 9.17) is 14.2 Å². The zero-order valence-corrected chi connectivity index (χ0v) is 17.8. The first-order valence-corrected chi connectivity index (χ1v) is 8.63. The van der Waals surface area contributed by atoms with Crippen LogP contribution in [-0.2, 0) is 27.4 Å². The van der Waals surface area contributed by atoms with Crippen molar-refractivity contribution in [3.63, 3.8) is 0 Å². The standard InChI is InChI=1S/C18H28FN3O3.HI/c1-20-18(21-7-3-8-25-16-6-9-24-13-16)22-11-14-4-5-17(19)15(10-14)12-23-2;/h4-5,10,16H,3,6-9,11-13H2,1-2H3,(H2,20,21,22);1H. The fourth-order valence-electron chi connectivity index (χ4n) is 2.58. The van der Waals surface area contributed by atoms with Crippen LogP contribution in [0.5, 0.6) is 0 Å². The van der Waals surface area contributed by atoms with E-state index in [9.17, 15) is 4.39 Å². The zero-order valence-electron chi connectivity index (χ0n) is 15.4. The molecule has 1 aliphatic heterocycles. The number of guanidine groups is 1. The molecule has 0 bridgehead atoms. The van der Waals surface area contributed by atoms with Crippen molar-refractivity contribution in [3.8, 4) is 0 Å². The van der Waals surface area contributed by atoms with E-state index >= 15 is 0 Å². The molecule has 1 unspecified atom stereocenters. The molecule has 2 N–H and O–H groups in total. The first-order chi connectivity index (χ1) is 12.2. The topological polar surface area (TPSA) is 64.1 Å². The number of hydrogen-bond donors (Lipinski definition) is 2. The Kier molecular flexibility index (Phi) is 11.7. The molecule has 1 saturated heterocycles. The third-order valence-electron chi connectivity index (χ3n) is 3.95. The van der Waals surface area contributed by atoms with Gasteiger partial charge in [0, 0.05) is 46.0 Å². The highest BCUT2D eigenvalue weighted by molar-refractivity contribution is 14.0. The van der Waals surface area contributed by atoms with Crippen LogP contribution in [0.4, 0.5) is 4.39 Å². The number of hydrogen-bond acceptors (Lipinski definition) is 4. The number of methoxy groups -OCH3 is 1. The van der Waals surface area contributed by atoms with Gasteiger partial charge in [-0.15, -0.1) is 24.0 Å². The van der Waals surface area contributed by atoms with Crippen molar-refractivity contribution in [3.05, 3.63) is 35.1 Å². The van der Waals surface area contributed by atoms with Gasteiger partial charge in [0.1, 0.15) is 5.82 Å². The molecule has 6 nitrogen and oxygen atoms in total. The van der Waals surface area contributed by atoms with Crippen molar-refractivity contribution >= 4 is 29.9 Å². The fraction of sp³-hybridized carbons (Fsp3) is 0.611. The maximum absolute atomic E-state index is 13.6. The van der Waals surface area contributed by atoms with Crippen LogP contribution in [0.2, 0.25) is 0 Å². The summed E-state index contributed by atoms with van der Waals surface area (Å²) in [6, 6.07) is 5.02. The lowest BCUT2D eigenvalue weighted by Crippen LogP contribution is -2.37. The average Bonchev–Trinajstić information content (AvgIpc) is 3.13. The van der Waals surface area contributed by atoms with Crippen LogP contribution in [0.25, 0.3) is 0 Å². The van der Waals surface area contributed by atoms with Gasteiger partial charge in [-0.2, -0.15) is 0 Å². The summed E-state index contributed by atoms with van der Waals surface area (Å²) in [5, 5.41) is 6.47. The molecule has 148 valence electrons. The van der Waals surface area contributed by atoms with Crippen LogP contribution in [-0.4, -0.2) is 52.6 Å². The molecule has 26 heavy (non-hydrogen) atoms. The summed E-state index contributed by atoms with van der Waals surface area (Å²) in [6.07, 6.45) is 2.13. The number of aliphatic imine (C=N–C) groups is 1. The minimum absolute atomic E-state index is 0. The van der Waals surface area contributed by atoms with Gasteiger partial charge in [0.15, 0.2) is 5.96 Å². The predicted octanol–water partition coefficient (Wildman–Crippen LogP) is 2.45. The van der Waals surface area contributed by atoms with E-state index in [0.717, 1.165) is 31.6 Å². The molecule has 2 rings (SSSR count). The summed E-state index contributed by atoms with van der Waals surface area (Å²) in [4.78, 5) is 4.19. The van der Waals surface area contributed by atoms with Crippen molar-refractivity contribution < 1.29 is 18.6 Å². The maximum atomic E-state index is 13.6. The van der Waals surface area contributed by atoms with Crippen LogP contribution in [0, 0.1) is 5.82 Å². The molecule has 0 aliphatic carbocycles. The summed E-state index contributed by atoms with van der Waals surface area (Å²) in [5.74, 6) is 0.461. The number of ether oxygens (including phenoxy) is 3. The first-order valence-electron chi connectivity index (χ1n) is 8.63. The van der Waals surface area contributed by atoms with E-state index in [-0.39, 0.29) is 42.5 Å². The second-order valence-electron chi connectivity index (χ2n) is 5.92. The molecule has 0 amide bonds. The Hall–Kier alpha value is -0.970. The summed E-state index contributed by atoms with van der Waals surface area (Å²) >= 11 is 0. The summed E-state index contributed by atoms with van der Waals surface area (Å²) in [7, 11) is 3.28. The first kappa shape index (κ1) is 23.1. The van der Waals surface area contributed by atoms with Gasteiger partial charge >= 0.3 is 0 Å². The quantitative estimate of drug-likeness (QED) is 0.246. The molecule has 0 saturated carbocycles. The summed E-state index contributed by atoms with van der Waals surface area (Å²) < 4.78 is 29.6. The highest BCUT2D eigenvalue weighted by Crippen LogP contribution is 2.11. The number of rotatable bonds is 9. The van der Waals surface area contributed by atoms with Gasteiger partial charge < -0.3 is 24.8 Å². The monoisotopic (exact) mass is 481 g/mol. The lowest BCUT2D eigenvalue weighted by atomic mass is 10.1. The Balaban J connectivity index is 0.00000338. The Labute approximate surface area is 171 Å². The van der Waals surface area contributed by atoms with Crippen LogP contribution < -0.4 is 10.6 Å². The van der Waals surface area contributed by atoms with E-state index in [1.165, 1.54) is 6.07 Å². The summed E-state index contributed by atoms with van der Waals surface area (Å²) in [6.45, 7) is 3.81. The van der Waals surface area contributed by atoms with Crippen molar-refractivity contribution in [2.75, 3.05) is 40.5 Å².